The van der Waals surface area contributed by atoms with Gasteiger partial charge in [-0.2, -0.15) is 0 Å². The smallest absolute Gasteiger partial charge is 0.187 e. The molecule has 0 bridgehead atoms. The van der Waals surface area contributed by atoms with Gasteiger partial charge in [0.05, 0.1) is 77.3 Å². The van der Waals surface area contributed by atoms with Gasteiger partial charge in [0.15, 0.2) is 50.3 Å². The highest BCUT2D eigenvalue weighted by Crippen LogP contribution is 2.38. The van der Waals surface area contributed by atoms with Crippen molar-refractivity contribution in [1.29, 1.82) is 0 Å². The summed E-state index contributed by atoms with van der Waals surface area (Å²) in [6.45, 7) is 0.514. The van der Waals surface area contributed by atoms with Crippen molar-refractivity contribution in [3.05, 3.63) is 0 Å². The lowest BCUT2D eigenvalue weighted by Crippen LogP contribution is -2.45. The van der Waals surface area contributed by atoms with Gasteiger partial charge in [0, 0.05) is 5.92 Å². The summed E-state index contributed by atoms with van der Waals surface area (Å²) in [7, 11) is 0. The zero-order valence-electron chi connectivity index (χ0n) is 44.7. The Balaban J connectivity index is 0.840. The van der Waals surface area contributed by atoms with Crippen LogP contribution in [0.5, 0.6) is 0 Å². The molecule has 0 saturated carbocycles. The van der Waals surface area contributed by atoms with E-state index >= 15 is 0 Å². The van der Waals surface area contributed by atoms with Crippen LogP contribution in [0.4, 0.5) is 0 Å². The Morgan fingerprint density at radius 2 is 0.524 bits per heavy atom. The Hall–Kier alpha value is -1.36. The average molecular weight is 1200 g/mol. The molecule has 82 heavy (non-hydrogen) atoms. The van der Waals surface area contributed by atoms with E-state index in [1.165, 1.54) is 0 Å². The lowest BCUT2D eigenvalue weighted by Gasteiger charge is -2.27. The van der Waals surface area contributed by atoms with Crippen LogP contribution in [0.1, 0.15) is 27.2 Å². The molecule has 0 radical (unpaired) electrons. The minimum Gasteiger partial charge on any atom is -0.394 e. The molecule has 9 fully saturated rings. The van der Waals surface area contributed by atoms with Crippen molar-refractivity contribution < 1.29 is 167 Å². The van der Waals surface area contributed by atoms with Crippen LogP contribution in [0.25, 0.3) is 0 Å². The summed E-state index contributed by atoms with van der Waals surface area (Å²) < 4.78 is 98.5. The fourth-order valence-electron chi connectivity index (χ4n) is 11.3. The largest absolute Gasteiger partial charge is 0.394 e. The molecule has 0 spiro atoms. The standard InChI is InChI=1S/C48H80O34/c1-4-15-25(53)30(58)41(72-15)68-10-21-39(81-47-33(61)27(55)17(6-50)74-47)37(65)45(79-21)70-12-23-40(82-48-34(62)28(56)18(7-51)75-48)36(64)44(78-23)67-9-20-29(57)31(59)42(76-20)69-11-22-38(80-46-32(60)26(54)16(5-49)73-46)35(63)43(77-22)66-8-19-13(2)24(52)14(3)71-19/h13-65H,4-12H2,1-3H3/t13-,14+,15+,16+,17+,18+,19+,20+,21+,22+,23+,24?,25-,26-,27-,28-,29-,30?,31?,32?,33?,34?,35?,36?,37?,38-,39-,40-,41-,42-,43-,44-,45-,46+,47+,48+/m1/s1. The van der Waals surface area contributed by atoms with E-state index in [0.717, 1.165) is 0 Å². The van der Waals surface area contributed by atoms with E-state index in [4.69, 9.17) is 80.5 Å². The molecule has 0 aromatic heterocycles. The van der Waals surface area contributed by atoms with Gasteiger partial charge < -0.3 is 167 Å². The van der Waals surface area contributed by atoms with E-state index in [-0.39, 0.29) is 12.5 Å². The van der Waals surface area contributed by atoms with E-state index in [1.54, 1.807) is 20.8 Å². The maximum Gasteiger partial charge on any atom is 0.187 e. The Labute approximate surface area is 467 Å². The van der Waals surface area contributed by atoms with Gasteiger partial charge in [-0.15, -0.1) is 0 Å². The summed E-state index contributed by atoms with van der Waals surface area (Å²) in [4.78, 5) is 0. The number of aliphatic hydroxyl groups excluding tert-OH is 17. The van der Waals surface area contributed by atoms with Crippen LogP contribution >= 0.6 is 0 Å². The first-order valence-electron chi connectivity index (χ1n) is 27.4. The van der Waals surface area contributed by atoms with Crippen LogP contribution in [0.3, 0.4) is 0 Å². The van der Waals surface area contributed by atoms with Crippen LogP contribution < -0.4 is 0 Å². The third-order valence-electron chi connectivity index (χ3n) is 16.4. The number of hydrogen-bond donors (Lipinski definition) is 17. The van der Waals surface area contributed by atoms with Crippen molar-refractivity contribution in [1.82, 2.24) is 0 Å². The summed E-state index contributed by atoms with van der Waals surface area (Å²) in [6, 6.07) is 0. The molecule has 9 unspecified atom stereocenters. The molecule has 36 atom stereocenters. The number of ether oxygens (including phenoxy) is 17. The molecular weight excluding hydrogens is 1120 g/mol. The summed E-state index contributed by atoms with van der Waals surface area (Å²) in [5.41, 5.74) is 0. The SMILES string of the molecule is CC[C@@H]1O[C@@H](OC[C@@H]2O[C@@H](OC[C@@H]3O[C@@H](OC[C@@H]4O[C@@H](OC[C@@H]5O[C@@H](OC[C@@H]6O[C@@H](C)C(O)[C@@H]6C)C(O)[C@@H]5O[C@@H]5O[C@@H](CO)[C@@H](O)C5O)C(O)[C@@H]4O)C(O)[C@@H]3O[C@@H]3O[C@@H](CO)[C@@H](O)C3O)C(O)[C@@H]2O[C@@H]2O[C@@H](CO)[C@@H](O)C2O)C(O)[C@@H]1O. The highest BCUT2D eigenvalue weighted by molar-refractivity contribution is 4.98. The molecule has 34 heteroatoms. The molecule has 17 N–H and O–H groups in total. The predicted octanol–water partition coefficient (Wildman–Crippen LogP) is -11.1. The first-order valence-corrected chi connectivity index (χ1v) is 27.4. The van der Waals surface area contributed by atoms with Crippen molar-refractivity contribution in [3.8, 4) is 0 Å². The molecule has 476 valence electrons. The Morgan fingerprint density at radius 3 is 0.817 bits per heavy atom. The van der Waals surface area contributed by atoms with E-state index < -0.39 is 261 Å². The number of rotatable bonds is 25. The van der Waals surface area contributed by atoms with Crippen molar-refractivity contribution in [2.45, 2.75) is 242 Å². The molecule has 9 saturated heterocycles. The van der Waals surface area contributed by atoms with Gasteiger partial charge in [-0.3, -0.25) is 0 Å². The van der Waals surface area contributed by atoms with Gasteiger partial charge in [-0.25, -0.2) is 0 Å². The van der Waals surface area contributed by atoms with Crippen molar-refractivity contribution >= 4 is 0 Å². The fourth-order valence-corrected chi connectivity index (χ4v) is 11.3. The van der Waals surface area contributed by atoms with Gasteiger partial charge >= 0.3 is 0 Å². The highest BCUT2D eigenvalue weighted by atomic mass is 16.8. The Kier molecular flexibility index (Phi) is 22.2. The first-order chi connectivity index (χ1) is 39.1. The quantitative estimate of drug-likeness (QED) is 0.0404. The van der Waals surface area contributed by atoms with Gasteiger partial charge in [-0.1, -0.05) is 13.8 Å². The molecule has 0 aromatic carbocycles. The van der Waals surface area contributed by atoms with E-state index in [2.05, 4.69) is 0 Å². The minimum absolute atomic E-state index is 0.148. The lowest BCUT2D eigenvalue weighted by atomic mass is 9.99. The van der Waals surface area contributed by atoms with E-state index in [9.17, 15) is 86.8 Å². The zero-order chi connectivity index (χ0) is 59.2. The van der Waals surface area contributed by atoms with Crippen molar-refractivity contribution in [2.24, 2.45) is 5.92 Å². The monoisotopic (exact) mass is 1200 g/mol. The fraction of sp³-hybridized carbons (Fsp3) is 1.00. The highest BCUT2D eigenvalue weighted by Gasteiger charge is 2.57. The van der Waals surface area contributed by atoms with Gasteiger partial charge in [0.2, 0.25) is 0 Å². The third-order valence-corrected chi connectivity index (χ3v) is 16.4. The second kappa shape index (κ2) is 28.0. The molecule has 9 aliphatic rings. The van der Waals surface area contributed by atoms with Crippen molar-refractivity contribution in [2.75, 3.05) is 52.9 Å². The topological polar surface area (TPSA) is 501 Å². The second-order valence-corrected chi connectivity index (χ2v) is 21.9. The van der Waals surface area contributed by atoms with Gasteiger partial charge in [-0.05, 0) is 13.3 Å². The zero-order valence-corrected chi connectivity index (χ0v) is 44.7. The summed E-state index contributed by atoms with van der Waals surface area (Å²) in [5, 5.41) is 181. The van der Waals surface area contributed by atoms with E-state index in [0.29, 0.717) is 6.42 Å². The van der Waals surface area contributed by atoms with Crippen LogP contribution in [0.2, 0.25) is 0 Å². The molecule has 9 rings (SSSR count). The number of aliphatic hydroxyl groups is 17. The van der Waals surface area contributed by atoms with E-state index in [1.807, 2.05) is 0 Å². The first kappa shape index (κ1) is 65.1. The minimum atomic E-state index is -1.82. The van der Waals surface area contributed by atoms with Gasteiger partial charge in [0.25, 0.3) is 0 Å². The lowest BCUT2D eigenvalue weighted by molar-refractivity contribution is -0.235. The molecule has 9 heterocycles. The Morgan fingerprint density at radius 1 is 0.268 bits per heavy atom. The molecule has 9 aliphatic heterocycles. The summed E-state index contributed by atoms with van der Waals surface area (Å²) >= 11 is 0. The Bertz CT molecular complexity index is 1970. The van der Waals surface area contributed by atoms with Crippen LogP contribution in [0.15, 0.2) is 0 Å². The maximum absolute atomic E-state index is 11.7. The molecule has 0 aliphatic carbocycles. The van der Waals surface area contributed by atoms with Crippen LogP contribution in [-0.4, -0.2) is 355 Å². The molecular formula is C48H80O34. The summed E-state index contributed by atoms with van der Waals surface area (Å²) in [5.74, 6) is -0.353. The molecule has 0 amide bonds. The number of hydrogen-bond acceptors (Lipinski definition) is 34. The third kappa shape index (κ3) is 13.5. The average Bonchev–Trinajstić information content (AvgIpc) is 4.40. The van der Waals surface area contributed by atoms with Crippen molar-refractivity contribution in [3.63, 3.8) is 0 Å². The maximum atomic E-state index is 11.7. The van der Waals surface area contributed by atoms with Gasteiger partial charge in [0.1, 0.15) is 140 Å². The van der Waals surface area contributed by atoms with Crippen LogP contribution in [0, 0.1) is 5.92 Å². The molecule has 34 nitrogen and oxygen atoms in total. The predicted molar refractivity (Wildman–Crippen MR) is 253 cm³/mol. The normalized spacial score (nSPS) is 53.3. The summed E-state index contributed by atoms with van der Waals surface area (Å²) in [6.07, 6.45) is -50.3. The van der Waals surface area contributed by atoms with Crippen LogP contribution in [-0.2, 0) is 80.5 Å². The molecule has 0 aromatic rings. The second-order valence-electron chi connectivity index (χ2n) is 21.9.